The Labute approximate surface area is 193 Å². The molecule has 0 amide bonds. The van der Waals surface area contributed by atoms with Gasteiger partial charge >= 0.3 is 5.97 Å². The van der Waals surface area contributed by atoms with Gasteiger partial charge in [-0.2, -0.15) is 0 Å². The molecule has 2 fully saturated rings. The van der Waals surface area contributed by atoms with Gasteiger partial charge in [0.2, 0.25) is 5.43 Å². The molecule has 33 heavy (non-hydrogen) atoms. The van der Waals surface area contributed by atoms with Gasteiger partial charge in [0.15, 0.2) is 11.6 Å². The van der Waals surface area contributed by atoms with Crippen molar-refractivity contribution in [1.82, 2.24) is 9.65 Å². The molecule has 180 valence electrons. The van der Waals surface area contributed by atoms with E-state index in [1.165, 1.54) is 13.3 Å². The number of anilines is 1. The molecule has 2 aromatic rings. The summed E-state index contributed by atoms with van der Waals surface area (Å²) in [6.45, 7) is 4.78. The molecule has 1 aromatic carbocycles. The van der Waals surface area contributed by atoms with Crippen LogP contribution in [0.5, 0.6) is 5.75 Å². The number of carboxylic acid groups (broad SMARTS) is 1. The van der Waals surface area contributed by atoms with Crippen molar-refractivity contribution < 1.29 is 23.4 Å². The number of hydrogen-bond donors (Lipinski definition) is 2. The van der Waals surface area contributed by atoms with Gasteiger partial charge in [0.1, 0.15) is 17.1 Å². The van der Waals surface area contributed by atoms with Crippen LogP contribution in [0.15, 0.2) is 28.5 Å². The zero-order valence-corrected chi connectivity index (χ0v) is 20.2. The number of methoxy groups -OCH3 is 1. The number of rotatable bonds is 6. The first-order valence-electron chi connectivity index (χ1n) is 11.1. The van der Waals surface area contributed by atoms with Crippen LogP contribution in [0, 0.1) is 5.82 Å². The average Bonchev–Trinajstić information content (AvgIpc) is 3.65. The fourth-order valence-corrected chi connectivity index (χ4v) is 4.40. The standard InChI is InChI=1S/C21H24F2N3O4P.C2H6/c1-30-20-17-13(19(27)14(21(28)29)10-26(17)12-4-5-12)7-15(22)18(20)25-6-2-3-11(9-25)16(23)8-24-31;1-2/h7,10,12,24H,2-6,8-9,31H2,1H3,(H,28,29);1-2H3/b16-11+;. The van der Waals surface area contributed by atoms with Crippen LogP contribution in [0.25, 0.3) is 10.9 Å². The monoisotopic (exact) mass is 481 g/mol. The first kappa shape index (κ1) is 25.1. The molecule has 7 nitrogen and oxygen atoms in total. The zero-order valence-electron chi connectivity index (χ0n) is 19.1. The van der Waals surface area contributed by atoms with Gasteiger partial charge in [-0.25, -0.2) is 13.6 Å². The van der Waals surface area contributed by atoms with Crippen LogP contribution < -0.4 is 20.2 Å². The molecule has 1 aliphatic carbocycles. The van der Waals surface area contributed by atoms with Gasteiger partial charge in [-0.3, -0.25) is 9.88 Å². The lowest BCUT2D eigenvalue weighted by Gasteiger charge is -2.33. The summed E-state index contributed by atoms with van der Waals surface area (Å²) in [6.07, 6.45) is 4.21. The maximum atomic E-state index is 15.3. The molecule has 1 unspecified atom stereocenters. The first-order valence-corrected chi connectivity index (χ1v) is 11.7. The van der Waals surface area contributed by atoms with Crippen LogP contribution in [-0.2, 0) is 0 Å². The molecule has 1 aromatic heterocycles. The van der Waals surface area contributed by atoms with Crippen molar-refractivity contribution in [2.75, 3.05) is 31.6 Å². The number of aromatic carboxylic acids is 1. The summed E-state index contributed by atoms with van der Waals surface area (Å²) < 4.78 is 37.1. The normalized spacial score (nSPS) is 17.5. The zero-order chi connectivity index (χ0) is 24.3. The third-order valence-electron chi connectivity index (χ3n) is 5.82. The fourth-order valence-electron chi connectivity index (χ4n) is 4.22. The lowest BCUT2D eigenvalue weighted by molar-refractivity contribution is 0.0694. The summed E-state index contributed by atoms with van der Waals surface area (Å²) in [5.41, 5.74) is -0.0254. The first-order chi connectivity index (χ1) is 15.9. The average molecular weight is 481 g/mol. The Hall–Kier alpha value is -2.51. The van der Waals surface area contributed by atoms with Gasteiger partial charge in [0.05, 0.1) is 24.6 Å². The van der Waals surface area contributed by atoms with E-state index in [-0.39, 0.29) is 41.8 Å². The molecule has 0 spiro atoms. The molecule has 0 bridgehead atoms. The molecule has 2 N–H and O–H groups in total. The third-order valence-corrected chi connectivity index (χ3v) is 6.02. The van der Waals surface area contributed by atoms with Crippen molar-refractivity contribution in [3.63, 3.8) is 0 Å². The number of piperidine rings is 1. The maximum absolute atomic E-state index is 15.3. The number of pyridine rings is 1. The highest BCUT2D eigenvalue weighted by Gasteiger charge is 2.32. The summed E-state index contributed by atoms with van der Waals surface area (Å²) in [5.74, 6) is -2.16. The van der Waals surface area contributed by atoms with Gasteiger partial charge in [-0.15, -0.1) is 0 Å². The van der Waals surface area contributed by atoms with E-state index < -0.39 is 22.8 Å². The summed E-state index contributed by atoms with van der Waals surface area (Å²) in [5, 5.41) is 12.1. The van der Waals surface area contributed by atoms with E-state index in [0.717, 1.165) is 18.9 Å². The van der Waals surface area contributed by atoms with E-state index in [2.05, 4.69) is 14.5 Å². The van der Waals surface area contributed by atoms with E-state index in [9.17, 15) is 19.1 Å². The Morgan fingerprint density at radius 2 is 2.06 bits per heavy atom. The Balaban J connectivity index is 0.00000149. The van der Waals surface area contributed by atoms with Crippen molar-refractivity contribution in [3.05, 3.63) is 45.3 Å². The number of nitrogens with zero attached hydrogens (tertiary/aromatic N) is 2. The Kier molecular flexibility index (Phi) is 8.08. The van der Waals surface area contributed by atoms with Crippen LogP contribution in [0.2, 0.25) is 0 Å². The number of hydrogen-bond acceptors (Lipinski definition) is 5. The molecule has 4 rings (SSSR count). The number of nitrogens with one attached hydrogen (secondary N) is 1. The molecule has 1 atom stereocenters. The number of carboxylic acids is 1. The van der Waals surface area contributed by atoms with Gasteiger partial charge in [0, 0.05) is 25.3 Å². The molecule has 10 heteroatoms. The summed E-state index contributed by atoms with van der Waals surface area (Å²) in [4.78, 5) is 26.1. The maximum Gasteiger partial charge on any atom is 0.341 e. The predicted molar refractivity (Wildman–Crippen MR) is 129 cm³/mol. The van der Waals surface area contributed by atoms with Crippen LogP contribution in [0.3, 0.4) is 0 Å². The summed E-state index contributed by atoms with van der Waals surface area (Å²) >= 11 is 0. The second-order valence-corrected chi connectivity index (χ2v) is 8.27. The number of aromatic nitrogens is 1. The minimum atomic E-state index is -1.35. The number of ether oxygens (including phenoxy) is 1. The smallest absolute Gasteiger partial charge is 0.341 e. The second-order valence-electron chi connectivity index (χ2n) is 7.87. The number of halogens is 2. The minimum absolute atomic E-state index is 0.0239. The van der Waals surface area contributed by atoms with Crippen molar-refractivity contribution in [2.45, 2.75) is 45.6 Å². The van der Waals surface area contributed by atoms with Crippen molar-refractivity contribution in [3.8, 4) is 5.75 Å². The van der Waals surface area contributed by atoms with E-state index in [1.54, 1.807) is 9.47 Å². The number of fused-ring (bicyclic) bond motifs is 1. The van der Waals surface area contributed by atoms with Gasteiger partial charge < -0.3 is 19.3 Å². The Bertz CT molecular complexity index is 1140. The lowest BCUT2D eigenvalue weighted by atomic mass is 10.0. The number of carbonyl (C=O) groups is 1. The Morgan fingerprint density at radius 1 is 1.36 bits per heavy atom. The largest absolute Gasteiger partial charge is 0.492 e. The van der Waals surface area contributed by atoms with E-state index in [4.69, 9.17) is 4.74 Å². The van der Waals surface area contributed by atoms with Crippen LogP contribution in [-0.4, -0.2) is 42.4 Å². The molecule has 1 saturated heterocycles. The van der Waals surface area contributed by atoms with Crippen LogP contribution >= 0.6 is 9.39 Å². The van der Waals surface area contributed by atoms with E-state index >= 15 is 4.39 Å². The molecule has 2 heterocycles. The van der Waals surface area contributed by atoms with E-state index in [0.29, 0.717) is 30.5 Å². The quantitative estimate of drug-likeness (QED) is 0.595. The van der Waals surface area contributed by atoms with Gasteiger partial charge in [-0.05, 0) is 37.3 Å². The Morgan fingerprint density at radius 3 is 2.64 bits per heavy atom. The molecule has 1 saturated carbocycles. The van der Waals surface area contributed by atoms with Crippen LogP contribution in [0.1, 0.15) is 55.9 Å². The SMILES string of the molecule is CC.COc1c(N2CCC/C(=C(\F)CNP)C2)c(F)cc2c(=O)c(C(=O)O)cn(C3CC3)c12. The molecular weight excluding hydrogens is 451 g/mol. The van der Waals surface area contributed by atoms with Crippen molar-refractivity contribution >= 4 is 32.0 Å². The molecule has 1 aliphatic heterocycles. The van der Waals surface area contributed by atoms with Gasteiger partial charge in [0.25, 0.3) is 0 Å². The van der Waals surface area contributed by atoms with Crippen molar-refractivity contribution in [1.29, 1.82) is 0 Å². The highest BCUT2D eigenvalue weighted by Crippen LogP contribution is 2.44. The molecule has 0 radical (unpaired) electrons. The van der Waals surface area contributed by atoms with E-state index in [1.807, 2.05) is 13.8 Å². The van der Waals surface area contributed by atoms with Gasteiger partial charge in [-0.1, -0.05) is 23.2 Å². The highest BCUT2D eigenvalue weighted by atomic mass is 31.0. The minimum Gasteiger partial charge on any atom is -0.492 e. The van der Waals surface area contributed by atoms with Crippen LogP contribution in [0.4, 0.5) is 14.5 Å². The summed E-state index contributed by atoms with van der Waals surface area (Å²) in [6, 6.07) is 1.11. The second kappa shape index (κ2) is 10.6. The number of benzene rings is 1. The molecule has 2 aliphatic rings. The molecular formula is C23H30F2N3O4P. The topological polar surface area (TPSA) is 83.8 Å². The van der Waals surface area contributed by atoms with Crippen molar-refractivity contribution in [2.24, 2.45) is 0 Å². The fraction of sp³-hybridized carbons (Fsp3) is 0.478. The highest BCUT2D eigenvalue weighted by molar-refractivity contribution is 7.13. The third kappa shape index (κ3) is 4.89. The lowest BCUT2D eigenvalue weighted by Crippen LogP contribution is -2.33. The predicted octanol–water partition coefficient (Wildman–Crippen LogP) is 4.41. The summed E-state index contributed by atoms with van der Waals surface area (Å²) in [7, 11) is 3.65.